The van der Waals surface area contributed by atoms with Gasteiger partial charge in [0.2, 0.25) is 11.8 Å². The van der Waals surface area contributed by atoms with Crippen LogP contribution in [0.1, 0.15) is 75.6 Å². The topological polar surface area (TPSA) is 176 Å². The fourth-order valence-electron chi connectivity index (χ4n) is 8.50. The summed E-state index contributed by atoms with van der Waals surface area (Å²) in [6.07, 6.45) is 9.68. The lowest BCUT2D eigenvalue weighted by atomic mass is 9.85. The van der Waals surface area contributed by atoms with Crippen molar-refractivity contribution in [3.05, 3.63) is 77.7 Å². The molecule has 1 unspecified atom stereocenters. The second-order valence-corrected chi connectivity index (χ2v) is 14.8. The molecule has 4 aliphatic rings. The van der Waals surface area contributed by atoms with Gasteiger partial charge in [0.05, 0.1) is 41.6 Å². The number of nitrogens with one attached hydrogen (secondary N) is 2. The third-order valence-corrected chi connectivity index (χ3v) is 11.5. The van der Waals surface area contributed by atoms with E-state index in [4.69, 9.17) is 9.84 Å². The number of ether oxygens (including phenoxy) is 1. The predicted octanol–water partition coefficient (Wildman–Crippen LogP) is 3.29. The van der Waals surface area contributed by atoms with Crippen molar-refractivity contribution in [1.82, 2.24) is 39.5 Å². The van der Waals surface area contributed by atoms with Gasteiger partial charge in [-0.1, -0.05) is 0 Å². The molecule has 1 aliphatic carbocycles. The number of methoxy groups -OCH3 is 1. The van der Waals surface area contributed by atoms with Crippen molar-refractivity contribution in [3.8, 4) is 5.75 Å². The molecule has 2 N–H and O–H groups in total. The lowest BCUT2D eigenvalue weighted by molar-refractivity contribution is -0.136. The Morgan fingerprint density at radius 2 is 1.75 bits per heavy atom. The van der Waals surface area contributed by atoms with E-state index in [1.807, 2.05) is 35.1 Å². The number of hydrogen-bond donors (Lipinski definition) is 2. The van der Waals surface area contributed by atoms with Gasteiger partial charge in [-0.2, -0.15) is 14.7 Å². The van der Waals surface area contributed by atoms with Crippen molar-refractivity contribution >= 4 is 57.6 Å². The zero-order valence-electron chi connectivity index (χ0n) is 30.3. The third kappa shape index (κ3) is 6.35. The van der Waals surface area contributed by atoms with E-state index in [1.165, 1.54) is 0 Å². The monoisotopic (exact) mass is 744 g/mol. The molecule has 0 spiro atoms. The molecule has 6 heterocycles. The van der Waals surface area contributed by atoms with Crippen molar-refractivity contribution in [2.75, 3.05) is 50.1 Å². The van der Waals surface area contributed by atoms with Crippen molar-refractivity contribution in [2.45, 2.75) is 50.6 Å². The normalized spacial score (nSPS) is 22.0. The number of rotatable bonds is 8. The highest BCUT2D eigenvalue weighted by Crippen LogP contribution is 2.35. The molecule has 5 aromatic rings. The van der Waals surface area contributed by atoms with Gasteiger partial charge in [0.1, 0.15) is 11.8 Å². The number of fused-ring (bicyclic) bond motifs is 3. The maximum absolute atomic E-state index is 13.4. The average molecular weight is 745 g/mol. The summed E-state index contributed by atoms with van der Waals surface area (Å²) in [4.78, 5) is 73.9. The number of piperazine rings is 1. The molecule has 16 heteroatoms. The van der Waals surface area contributed by atoms with Gasteiger partial charge in [-0.3, -0.25) is 43.8 Å². The molecular weight excluding hydrogens is 704 g/mol. The Morgan fingerprint density at radius 3 is 2.53 bits per heavy atom. The van der Waals surface area contributed by atoms with Crippen molar-refractivity contribution in [2.24, 2.45) is 5.92 Å². The Bertz CT molecular complexity index is 2370. The SMILES string of the molecule is COc1cc2nn(C3CCC(CN4CCN(c5ccc6c(c5)C(=O)N(C5CCC(=O)NC5=O)C6=O)CC4)CC3)cc2cc1C(=O)Nc1cnc2cccnn12. The van der Waals surface area contributed by atoms with Crippen molar-refractivity contribution in [1.29, 1.82) is 0 Å². The first-order chi connectivity index (χ1) is 26.7. The molecule has 55 heavy (non-hydrogen) atoms. The van der Waals surface area contributed by atoms with Crippen LogP contribution in [0.25, 0.3) is 16.6 Å². The number of imide groups is 2. The fraction of sp³-hybridized carbons (Fsp3) is 0.385. The van der Waals surface area contributed by atoms with Crippen LogP contribution in [-0.4, -0.2) is 110 Å². The van der Waals surface area contributed by atoms with Crippen LogP contribution in [-0.2, 0) is 9.59 Å². The van der Waals surface area contributed by atoms with Gasteiger partial charge in [0.25, 0.3) is 17.7 Å². The van der Waals surface area contributed by atoms with Crippen LogP contribution in [0.2, 0.25) is 0 Å². The Hall–Kier alpha value is -6.16. The summed E-state index contributed by atoms with van der Waals surface area (Å²) in [5, 5.41) is 15.2. The number of hydrogen-bond acceptors (Lipinski definition) is 11. The van der Waals surface area contributed by atoms with E-state index in [-0.39, 0.29) is 24.8 Å². The summed E-state index contributed by atoms with van der Waals surface area (Å²) in [5.74, 6) is -0.810. The smallest absolute Gasteiger partial charge is 0.262 e. The lowest BCUT2D eigenvalue weighted by Gasteiger charge is -2.39. The standard InChI is InChI=1S/C39H40N10O6/c1-55-32-19-30-24(17-29(32)36(51)42-34-20-40-33-3-2-12-41-49(33)34)22-47(44-30)25-6-4-23(5-7-25)21-45-13-15-46(16-14-45)26-8-9-27-28(18-26)39(54)48(38(27)53)31-10-11-35(50)43-37(31)52/h2-3,8-9,12,17-20,22-23,25,31H,4-7,10-11,13-16,21H2,1H3,(H,42,51)(H,43,50,52). The molecule has 1 atom stereocenters. The number of aromatic nitrogens is 5. The van der Waals surface area contributed by atoms with E-state index in [2.05, 4.69) is 30.5 Å². The van der Waals surface area contributed by atoms with E-state index >= 15 is 0 Å². The van der Waals surface area contributed by atoms with Crippen molar-refractivity contribution in [3.63, 3.8) is 0 Å². The van der Waals surface area contributed by atoms with Gasteiger partial charge >= 0.3 is 0 Å². The fourth-order valence-corrected chi connectivity index (χ4v) is 8.50. The van der Waals surface area contributed by atoms with Gasteiger partial charge < -0.3 is 15.0 Å². The van der Waals surface area contributed by atoms with E-state index in [0.717, 1.165) is 79.9 Å². The van der Waals surface area contributed by atoms with Crippen LogP contribution in [0.5, 0.6) is 5.75 Å². The summed E-state index contributed by atoms with van der Waals surface area (Å²) in [5.41, 5.74) is 3.29. The van der Waals surface area contributed by atoms with E-state index in [1.54, 1.807) is 42.2 Å². The van der Waals surface area contributed by atoms with E-state index in [9.17, 15) is 24.0 Å². The van der Waals surface area contributed by atoms with Gasteiger partial charge in [-0.15, -0.1) is 0 Å². The summed E-state index contributed by atoms with van der Waals surface area (Å²) in [6.45, 7) is 4.40. The number of piperidine rings is 1. The molecule has 0 bridgehead atoms. The minimum absolute atomic E-state index is 0.0907. The molecule has 282 valence electrons. The number of nitrogens with zero attached hydrogens (tertiary/aromatic N) is 8. The van der Waals surface area contributed by atoms with Gasteiger partial charge in [0.15, 0.2) is 11.5 Å². The third-order valence-electron chi connectivity index (χ3n) is 11.5. The summed E-state index contributed by atoms with van der Waals surface area (Å²) in [6, 6.07) is 11.9. The molecule has 3 aromatic heterocycles. The molecule has 0 radical (unpaired) electrons. The van der Waals surface area contributed by atoms with Crippen LogP contribution >= 0.6 is 0 Å². The number of carbonyl (C=O) groups excluding carboxylic acids is 5. The largest absolute Gasteiger partial charge is 0.496 e. The van der Waals surface area contributed by atoms with Crippen LogP contribution in [0.15, 0.2) is 61.1 Å². The molecule has 3 fully saturated rings. The molecule has 9 rings (SSSR count). The Labute approximate surface area is 315 Å². The van der Waals surface area contributed by atoms with Crippen LogP contribution < -0.4 is 20.3 Å². The second kappa shape index (κ2) is 13.9. The quantitative estimate of drug-likeness (QED) is 0.223. The molecule has 2 aromatic carbocycles. The second-order valence-electron chi connectivity index (χ2n) is 14.8. The first-order valence-electron chi connectivity index (χ1n) is 18.7. The zero-order valence-corrected chi connectivity index (χ0v) is 30.3. The number of anilines is 2. The highest BCUT2D eigenvalue weighted by atomic mass is 16.5. The highest BCUT2D eigenvalue weighted by molar-refractivity contribution is 6.23. The molecule has 3 aliphatic heterocycles. The van der Waals surface area contributed by atoms with E-state index < -0.39 is 29.7 Å². The average Bonchev–Trinajstić information content (AvgIpc) is 3.88. The summed E-state index contributed by atoms with van der Waals surface area (Å²) < 4.78 is 9.23. The predicted molar refractivity (Wildman–Crippen MR) is 200 cm³/mol. The molecule has 1 saturated carbocycles. The summed E-state index contributed by atoms with van der Waals surface area (Å²) in [7, 11) is 1.55. The molecule has 2 saturated heterocycles. The first kappa shape index (κ1) is 34.6. The van der Waals surface area contributed by atoms with Crippen LogP contribution in [0.3, 0.4) is 0 Å². The molecule has 5 amide bonds. The Kier molecular flexibility index (Phi) is 8.76. The summed E-state index contributed by atoms with van der Waals surface area (Å²) >= 11 is 0. The van der Waals surface area contributed by atoms with Crippen LogP contribution in [0.4, 0.5) is 11.5 Å². The Balaban J connectivity index is 0.787. The number of imidazole rings is 1. The van der Waals surface area contributed by atoms with Crippen LogP contribution in [0, 0.1) is 5.92 Å². The minimum Gasteiger partial charge on any atom is -0.496 e. The van der Waals surface area contributed by atoms with Gasteiger partial charge in [-0.05, 0) is 74.4 Å². The number of amides is 5. The van der Waals surface area contributed by atoms with E-state index in [0.29, 0.717) is 39.8 Å². The maximum atomic E-state index is 13.4. The number of benzene rings is 2. The van der Waals surface area contributed by atoms with Crippen molar-refractivity contribution < 1.29 is 28.7 Å². The zero-order chi connectivity index (χ0) is 37.8. The highest BCUT2D eigenvalue weighted by Gasteiger charge is 2.45. The Morgan fingerprint density at radius 1 is 0.945 bits per heavy atom. The molecular formula is C39H40N10O6. The van der Waals surface area contributed by atoms with Gasteiger partial charge in [0, 0.05) is 68.7 Å². The van der Waals surface area contributed by atoms with Gasteiger partial charge in [-0.25, -0.2) is 4.98 Å². The minimum atomic E-state index is -0.974. The number of carbonyl (C=O) groups is 5. The lowest BCUT2D eigenvalue weighted by Crippen LogP contribution is -2.54. The first-order valence-corrected chi connectivity index (χ1v) is 18.7. The molecule has 16 nitrogen and oxygen atoms in total. The maximum Gasteiger partial charge on any atom is 0.262 e.